The summed E-state index contributed by atoms with van der Waals surface area (Å²) in [7, 11) is 0.0392. The first-order valence-corrected chi connectivity index (χ1v) is 10.7. The van der Waals surface area contributed by atoms with E-state index in [1.165, 1.54) is 26.5 Å². The van der Waals surface area contributed by atoms with E-state index in [4.69, 9.17) is 9.47 Å². The summed E-state index contributed by atoms with van der Waals surface area (Å²) in [6, 6.07) is 12.4. The van der Waals surface area contributed by atoms with Crippen LogP contribution in [0.5, 0.6) is 11.5 Å². The lowest BCUT2D eigenvalue weighted by atomic mass is 10.1. The Hall–Kier alpha value is -2.54. The topological polar surface area (TPSA) is 77.0 Å². The second kappa shape index (κ2) is 9.41. The molecule has 0 saturated carbocycles. The summed E-state index contributed by atoms with van der Waals surface area (Å²) in [4.78, 5) is 12.5. The highest BCUT2D eigenvalue weighted by Crippen LogP contribution is 2.38. The molecule has 0 amide bonds. The van der Waals surface area contributed by atoms with Crippen molar-refractivity contribution in [3.05, 3.63) is 48.0 Å². The van der Waals surface area contributed by atoms with Gasteiger partial charge >= 0.3 is 5.97 Å². The van der Waals surface area contributed by atoms with Crippen LogP contribution < -0.4 is 10.1 Å². The Morgan fingerprint density at radius 3 is 2.52 bits per heavy atom. The molecule has 2 rings (SSSR count). The molecule has 2 aromatic carbocycles. The van der Waals surface area contributed by atoms with Gasteiger partial charge in [-0.2, -0.15) is 0 Å². The number of hydrogen-bond acceptors (Lipinski definition) is 6. The SMILES string of the molecule is CCCCNc1cc(C(=O)OC)cc(S(C)(=O)=NC)c1Oc1ccccc1. The standard InChI is InChI=1S/C20H26N2O4S/c1-5-6-12-22-17-13-15(20(23)25-3)14-18(27(4,24)21-2)19(17)26-16-10-8-7-9-11-16/h7-11,13-14,22H,5-6,12H2,1-4H3. The molecule has 0 bridgehead atoms. The van der Waals surface area contributed by atoms with E-state index < -0.39 is 15.7 Å². The van der Waals surface area contributed by atoms with Crippen molar-refractivity contribution in [2.45, 2.75) is 24.7 Å². The van der Waals surface area contributed by atoms with Crippen LogP contribution in [-0.2, 0) is 14.5 Å². The first kappa shape index (κ1) is 20.8. The largest absolute Gasteiger partial charge is 0.465 e. The number of carbonyl (C=O) groups is 1. The van der Waals surface area contributed by atoms with Crippen LogP contribution >= 0.6 is 0 Å². The Labute approximate surface area is 161 Å². The van der Waals surface area contributed by atoms with Gasteiger partial charge in [0.05, 0.1) is 33.0 Å². The van der Waals surface area contributed by atoms with Gasteiger partial charge in [0.15, 0.2) is 5.75 Å². The summed E-state index contributed by atoms with van der Waals surface area (Å²) >= 11 is 0. The van der Waals surface area contributed by atoms with Gasteiger partial charge in [-0.15, -0.1) is 0 Å². The van der Waals surface area contributed by atoms with Crippen molar-refractivity contribution in [2.75, 3.05) is 32.3 Å². The maximum Gasteiger partial charge on any atom is 0.337 e. The normalized spacial score (nSPS) is 12.7. The van der Waals surface area contributed by atoms with Gasteiger partial charge in [-0.1, -0.05) is 31.5 Å². The zero-order chi connectivity index (χ0) is 19.9. The average Bonchev–Trinajstić information content (AvgIpc) is 2.69. The van der Waals surface area contributed by atoms with Crippen LogP contribution in [0.4, 0.5) is 5.69 Å². The fourth-order valence-corrected chi connectivity index (χ4v) is 3.50. The van der Waals surface area contributed by atoms with E-state index in [1.54, 1.807) is 6.07 Å². The molecule has 7 heteroatoms. The molecule has 0 aliphatic rings. The summed E-state index contributed by atoms with van der Waals surface area (Å²) in [6.07, 6.45) is 3.49. The smallest absolute Gasteiger partial charge is 0.337 e. The van der Waals surface area contributed by atoms with E-state index in [9.17, 15) is 9.00 Å². The molecule has 0 saturated heterocycles. The molecule has 0 spiro atoms. The van der Waals surface area contributed by atoms with Gasteiger partial charge in [0.25, 0.3) is 0 Å². The fourth-order valence-electron chi connectivity index (χ4n) is 2.46. The van der Waals surface area contributed by atoms with Gasteiger partial charge in [0, 0.05) is 19.8 Å². The van der Waals surface area contributed by atoms with E-state index in [0.29, 0.717) is 34.2 Å². The Balaban J connectivity index is 2.66. The van der Waals surface area contributed by atoms with Crippen molar-refractivity contribution in [3.63, 3.8) is 0 Å². The number of hydrogen-bond donors (Lipinski definition) is 1. The van der Waals surface area contributed by atoms with Gasteiger partial charge in [0.1, 0.15) is 5.75 Å². The highest BCUT2D eigenvalue weighted by molar-refractivity contribution is 7.93. The Kier molecular flexibility index (Phi) is 7.24. The molecule has 1 atom stereocenters. The van der Waals surface area contributed by atoms with E-state index >= 15 is 0 Å². The Bertz CT molecular complexity index is 904. The van der Waals surface area contributed by atoms with E-state index in [2.05, 4.69) is 16.6 Å². The molecule has 1 N–H and O–H groups in total. The maximum absolute atomic E-state index is 13.1. The summed E-state index contributed by atoms with van der Waals surface area (Å²) in [5.74, 6) is 0.504. The molecule has 0 radical (unpaired) electrons. The summed E-state index contributed by atoms with van der Waals surface area (Å²) in [5.41, 5.74) is 0.883. The highest BCUT2D eigenvalue weighted by Gasteiger charge is 2.22. The minimum Gasteiger partial charge on any atom is -0.465 e. The molecule has 0 fully saturated rings. The number of nitrogens with zero attached hydrogens (tertiary/aromatic N) is 1. The predicted molar refractivity (Wildman–Crippen MR) is 108 cm³/mol. The summed E-state index contributed by atoms with van der Waals surface area (Å²) < 4.78 is 28.0. The molecule has 27 heavy (non-hydrogen) atoms. The molecule has 0 aliphatic carbocycles. The van der Waals surface area contributed by atoms with Crippen LogP contribution in [0.1, 0.15) is 30.1 Å². The van der Waals surface area contributed by atoms with Crippen molar-refractivity contribution in [1.82, 2.24) is 0 Å². The van der Waals surface area contributed by atoms with Crippen molar-refractivity contribution < 1.29 is 18.5 Å². The van der Waals surface area contributed by atoms with E-state index in [1.807, 2.05) is 30.3 Å². The number of para-hydroxylation sites is 1. The zero-order valence-corrected chi connectivity index (χ0v) is 17.0. The van der Waals surface area contributed by atoms with Crippen LogP contribution in [-0.4, -0.2) is 37.1 Å². The molecule has 6 nitrogen and oxygen atoms in total. The first-order valence-electron chi connectivity index (χ1n) is 8.76. The molecule has 1 unspecified atom stereocenters. The summed E-state index contributed by atoms with van der Waals surface area (Å²) in [6.45, 7) is 2.79. The minimum absolute atomic E-state index is 0.296. The first-order chi connectivity index (χ1) is 12.9. The quantitative estimate of drug-likeness (QED) is 0.528. The maximum atomic E-state index is 13.1. The highest BCUT2D eigenvalue weighted by atomic mass is 32.2. The average molecular weight is 391 g/mol. The van der Waals surface area contributed by atoms with Crippen molar-refractivity contribution in [1.29, 1.82) is 0 Å². The molecule has 0 aromatic heterocycles. The van der Waals surface area contributed by atoms with Crippen molar-refractivity contribution >= 4 is 21.4 Å². The van der Waals surface area contributed by atoms with Gasteiger partial charge in [-0.25, -0.2) is 13.4 Å². The number of methoxy groups -OCH3 is 1. The van der Waals surface area contributed by atoms with Crippen LogP contribution in [0.25, 0.3) is 0 Å². The number of ether oxygens (including phenoxy) is 2. The third-order valence-electron chi connectivity index (χ3n) is 4.04. The van der Waals surface area contributed by atoms with Crippen LogP contribution in [0, 0.1) is 0 Å². The number of anilines is 1. The van der Waals surface area contributed by atoms with E-state index in [0.717, 1.165) is 12.8 Å². The Morgan fingerprint density at radius 2 is 1.93 bits per heavy atom. The molecular formula is C20H26N2O4S. The van der Waals surface area contributed by atoms with Gasteiger partial charge in [0.2, 0.25) is 0 Å². The molecule has 146 valence electrons. The zero-order valence-electron chi connectivity index (χ0n) is 16.2. The predicted octanol–water partition coefficient (Wildman–Crippen LogP) is 4.56. The number of rotatable bonds is 8. The van der Waals surface area contributed by atoms with Crippen LogP contribution in [0.3, 0.4) is 0 Å². The summed E-state index contributed by atoms with van der Waals surface area (Å²) in [5, 5.41) is 3.29. The van der Waals surface area contributed by atoms with Gasteiger partial charge < -0.3 is 14.8 Å². The third kappa shape index (κ3) is 5.23. The molecular weight excluding hydrogens is 364 g/mol. The molecule has 2 aromatic rings. The van der Waals surface area contributed by atoms with Gasteiger partial charge in [-0.05, 0) is 30.7 Å². The second-order valence-electron chi connectivity index (χ2n) is 6.02. The third-order valence-corrected chi connectivity index (χ3v) is 5.86. The fraction of sp³-hybridized carbons (Fsp3) is 0.350. The number of carbonyl (C=O) groups excluding carboxylic acids is 1. The monoisotopic (exact) mass is 390 g/mol. The van der Waals surface area contributed by atoms with Crippen LogP contribution in [0.2, 0.25) is 0 Å². The van der Waals surface area contributed by atoms with Crippen molar-refractivity contribution in [3.8, 4) is 11.5 Å². The molecule has 0 aliphatic heterocycles. The Morgan fingerprint density at radius 1 is 1.22 bits per heavy atom. The number of unbranched alkanes of at least 4 members (excludes halogenated alkanes) is 1. The van der Waals surface area contributed by atoms with Crippen molar-refractivity contribution in [2.24, 2.45) is 4.36 Å². The van der Waals surface area contributed by atoms with Gasteiger partial charge in [-0.3, -0.25) is 0 Å². The number of benzene rings is 2. The lowest BCUT2D eigenvalue weighted by molar-refractivity contribution is 0.0600. The van der Waals surface area contributed by atoms with E-state index in [-0.39, 0.29) is 0 Å². The number of esters is 1. The lowest BCUT2D eigenvalue weighted by Gasteiger charge is -2.19. The van der Waals surface area contributed by atoms with Crippen LogP contribution in [0.15, 0.2) is 51.7 Å². The minimum atomic E-state index is -2.76. The molecule has 0 heterocycles. The number of nitrogens with one attached hydrogen (secondary N) is 1. The lowest BCUT2D eigenvalue weighted by Crippen LogP contribution is -2.10. The second-order valence-corrected chi connectivity index (χ2v) is 8.43.